The predicted molar refractivity (Wildman–Crippen MR) is 146 cm³/mol. The molecular weight excluding hydrogens is 386 g/mol. The van der Waals surface area contributed by atoms with Crippen LogP contribution in [0, 0.1) is 11.8 Å². The molecular formula is C31H55N. The van der Waals surface area contributed by atoms with Crippen molar-refractivity contribution in [3.8, 4) is 0 Å². The Morgan fingerprint density at radius 3 is 1.50 bits per heavy atom. The lowest BCUT2D eigenvalue weighted by atomic mass is 10.0. The molecule has 0 unspecified atom stereocenters. The zero-order valence-electron chi connectivity index (χ0n) is 22.2. The molecule has 0 aliphatic heterocycles. The first kappa shape index (κ1) is 29.0. The minimum absolute atomic E-state index is 0.868. The van der Waals surface area contributed by atoms with Crippen LogP contribution in [-0.2, 0) is 0 Å². The highest BCUT2D eigenvalue weighted by Crippen LogP contribution is 2.13. The van der Waals surface area contributed by atoms with E-state index < -0.39 is 0 Å². The second-order valence-corrected chi connectivity index (χ2v) is 10.7. The molecule has 0 radical (unpaired) electrons. The fourth-order valence-electron chi connectivity index (χ4n) is 4.39. The van der Waals surface area contributed by atoms with Crippen molar-refractivity contribution in [3.63, 3.8) is 0 Å². The zero-order chi connectivity index (χ0) is 23.3. The molecule has 0 amide bonds. The molecule has 1 nitrogen and oxygen atoms in total. The van der Waals surface area contributed by atoms with Gasteiger partial charge in [-0.05, 0) is 43.3 Å². The monoisotopic (exact) mass is 441 g/mol. The number of rotatable bonds is 21. The zero-order valence-corrected chi connectivity index (χ0v) is 22.2. The van der Waals surface area contributed by atoms with Crippen molar-refractivity contribution in [2.24, 2.45) is 11.8 Å². The van der Waals surface area contributed by atoms with Crippen molar-refractivity contribution in [1.29, 1.82) is 0 Å². The molecule has 1 aromatic rings. The van der Waals surface area contributed by atoms with Crippen LogP contribution in [0.3, 0.4) is 0 Å². The van der Waals surface area contributed by atoms with Crippen LogP contribution in [0.5, 0.6) is 0 Å². The summed E-state index contributed by atoms with van der Waals surface area (Å²) >= 11 is 0. The molecule has 0 fully saturated rings. The van der Waals surface area contributed by atoms with Crippen LogP contribution < -0.4 is 0 Å². The van der Waals surface area contributed by atoms with Crippen LogP contribution in [0.2, 0.25) is 0 Å². The molecule has 184 valence electrons. The quantitative estimate of drug-likeness (QED) is 0.172. The van der Waals surface area contributed by atoms with Gasteiger partial charge in [0.2, 0.25) is 0 Å². The number of benzene rings is 1. The molecule has 0 saturated heterocycles. The molecule has 0 bridgehead atoms. The van der Waals surface area contributed by atoms with Crippen LogP contribution in [0.25, 0.3) is 6.08 Å². The van der Waals surface area contributed by atoms with Crippen molar-refractivity contribution >= 4 is 6.08 Å². The summed E-state index contributed by atoms with van der Waals surface area (Å²) in [4.78, 5) is 2.69. The SMILES string of the molecule is CC(C)CCCCCCCCN(CC=Cc1ccccc1)CCCCCCCCC(C)C. The molecule has 0 saturated carbocycles. The second-order valence-electron chi connectivity index (χ2n) is 10.7. The highest BCUT2D eigenvalue weighted by atomic mass is 15.1. The van der Waals surface area contributed by atoms with Gasteiger partial charge in [-0.15, -0.1) is 0 Å². The first-order valence-electron chi connectivity index (χ1n) is 14.0. The van der Waals surface area contributed by atoms with E-state index >= 15 is 0 Å². The topological polar surface area (TPSA) is 3.24 Å². The number of unbranched alkanes of at least 4 members (excludes halogenated alkanes) is 10. The van der Waals surface area contributed by atoms with Crippen LogP contribution in [0.4, 0.5) is 0 Å². The third-order valence-corrected chi connectivity index (χ3v) is 6.49. The molecule has 0 heterocycles. The van der Waals surface area contributed by atoms with E-state index in [0.717, 1.165) is 18.4 Å². The maximum absolute atomic E-state index is 2.69. The highest BCUT2D eigenvalue weighted by Gasteiger charge is 2.04. The van der Waals surface area contributed by atoms with E-state index in [1.54, 1.807) is 0 Å². The van der Waals surface area contributed by atoms with Gasteiger partial charge in [-0.1, -0.05) is 147 Å². The molecule has 0 N–H and O–H groups in total. The maximum atomic E-state index is 2.69. The van der Waals surface area contributed by atoms with Gasteiger partial charge in [0.1, 0.15) is 0 Å². The van der Waals surface area contributed by atoms with E-state index in [-0.39, 0.29) is 0 Å². The third-order valence-electron chi connectivity index (χ3n) is 6.49. The average molecular weight is 442 g/mol. The normalized spacial score (nSPS) is 12.1. The first-order chi connectivity index (χ1) is 15.6. The number of nitrogens with zero attached hydrogens (tertiary/aromatic N) is 1. The molecule has 1 heteroatoms. The minimum atomic E-state index is 0.868. The standard InChI is InChI=1S/C31H55N/c1-29(2)21-14-9-5-7-11-18-26-32(28-20-25-31-23-16-13-17-24-31)27-19-12-8-6-10-15-22-30(3)4/h13,16-17,20,23-25,29-30H,5-12,14-15,18-19,21-22,26-28H2,1-4H3. The first-order valence-corrected chi connectivity index (χ1v) is 14.0. The fourth-order valence-corrected chi connectivity index (χ4v) is 4.39. The molecule has 0 spiro atoms. The van der Waals surface area contributed by atoms with E-state index in [1.165, 1.54) is 109 Å². The number of hydrogen-bond donors (Lipinski definition) is 0. The second kappa shape index (κ2) is 20.5. The Hall–Kier alpha value is -1.08. The van der Waals surface area contributed by atoms with Gasteiger partial charge in [-0.25, -0.2) is 0 Å². The van der Waals surface area contributed by atoms with Gasteiger partial charge in [0, 0.05) is 6.54 Å². The van der Waals surface area contributed by atoms with E-state index in [1.807, 2.05) is 0 Å². The summed E-state index contributed by atoms with van der Waals surface area (Å²) in [5, 5.41) is 0. The molecule has 0 aliphatic carbocycles. The lowest BCUT2D eigenvalue weighted by molar-refractivity contribution is 0.286. The molecule has 1 aromatic carbocycles. The van der Waals surface area contributed by atoms with Crippen molar-refractivity contribution in [2.45, 2.75) is 118 Å². The third kappa shape index (κ3) is 18.5. The average Bonchev–Trinajstić information content (AvgIpc) is 2.77. The van der Waals surface area contributed by atoms with Crippen molar-refractivity contribution in [1.82, 2.24) is 4.90 Å². The van der Waals surface area contributed by atoms with Gasteiger partial charge in [0.25, 0.3) is 0 Å². The summed E-state index contributed by atoms with van der Waals surface area (Å²) in [6.07, 6.45) is 24.4. The lowest BCUT2D eigenvalue weighted by Gasteiger charge is -2.21. The Morgan fingerprint density at radius 1 is 0.594 bits per heavy atom. The predicted octanol–water partition coefficient (Wildman–Crippen LogP) is 9.78. The van der Waals surface area contributed by atoms with E-state index in [4.69, 9.17) is 0 Å². The van der Waals surface area contributed by atoms with E-state index in [9.17, 15) is 0 Å². The Labute approximate surface area is 202 Å². The minimum Gasteiger partial charge on any atom is -0.300 e. The van der Waals surface area contributed by atoms with Gasteiger partial charge in [0.05, 0.1) is 0 Å². The van der Waals surface area contributed by atoms with Crippen LogP contribution in [0.1, 0.15) is 123 Å². The van der Waals surface area contributed by atoms with Gasteiger partial charge < -0.3 is 0 Å². The van der Waals surface area contributed by atoms with E-state index in [0.29, 0.717) is 0 Å². The van der Waals surface area contributed by atoms with Crippen molar-refractivity contribution in [2.75, 3.05) is 19.6 Å². The molecule has 0 aromatic heterocycles. The Bertz CT molecular complexity index is 507. The van der Waals surface area contributed by atoms with Crippen molar-refractivity contribution in [3.05, 3.63) is 42.0 Å². The maximum Gasteiger partial charge on any atom is 0.0166 e. The van der Waals surface area contributed by atoms with Crippen molar-refractivity contribution < 1.29 is 0 Å². The summed E-state index contributed by atoms with van der Waals surface area (Å²) in [7, 11) is 0. The smallest absolute Gasteiger partial charge is 0.0166 e. The Kier molecular flexibility index (Phi) is 18.6. The number of hydrogen-bond acceptors (Lipinski definition) is 1. The Morgan fingerprint density at radius 2 is 1.03 bits per heavy atom. The van der Waals surface area contributed by atoms with Crippen LogP contribution >= 0.6 is 0 Å². The highest BCUT2D eigenvalue weighted by molar-refractivity contribution is 5.48. The van der Waals surface area contributed by atoms with Gasteiger partial charge in [-0.3, -0.25) is 4.90 Å². The van der Waals surface area contributed by atoms with Crippen LogP contribution in [-0.4, -0.2) is 24.5 Å². The Balaban J connectivity index is 2.22. The molecule has 0 atom stereocenters. The molecule has 0 aliphatic rings. The van der Waals surface area contributed by atoms with Gasteiger partial charge in [-0.2, -0.15) is 0 Å². The summed E-state index contributed by atoms with van der Waals surface area (Å²) in [5.41, 5.74) is 1.32. The summed E-state index contributed by atoms with van der Waals surface area (Å²) in [6.45, 7) is 13.0. The lowest BCUT2D eigenvalue weighted by Crippen LogP contribution is -2.26. The fraction of sp³-hybridized carbons (Fsp3) is 0.742. The largest absolute Gasteiger partial charge is 0.300 e. The summed E-state index contributed by atoms with van der Waals surface area (Å²) < 4.78 is 0. The van der Waals surface area contributed by atoms with Crippen LogP contribution in [0.15, 0.2) is 36.4 Å². The molecule has 1 rings (SSSR count). The van der Waals surface area contributed by atoms with Gasteiger partial charge >= 0.3 is 0 Å². The van der Waals surface area contributed by atoms with Gasteiger partial charge in [0.15, 0.2) is 0 Å². The summed E-state index contributed by atoms with van der Waals surface area (Å²) in [5.74, 6) is 1.74. The van der Waals surface area contributed by atoms with E-state index in [2.05, 4.69) is 75.1 Å². The summed E-state index contributed by atoms with van der Waals surface area (Å²) in [6, 6.07) is 10.7. The molecule has 32 heavy (non-hydrogen) atoms.